The zero-order chi connectivity index (χ0) is 19.7. The Morgan fingerprint density at radius 3 is 2.33 bits per heavy atom. The number of rotatable bonds is 2. The Morgan fingerprint density at radius 1 is 1.04 bits per heavy atom. The number of allylic oxidation sites excluding steroid dienone is 1. The maximum Gasteiger partial charge on any atom is 0.269 e. The number of benzene rings is 2. The highest BCUT2D eigenvalue weighted by molar-refractivity contribution is 7.06. The quantitative estimate of drug-likeness (QED) is 0.726. The Labute approximate surface area is 161 Å². The molecule has 6 heteroatoms. The lowest BCUT2D eigenvalue weighted by Gasteiger charge is -2.23. The molecule has 1 heterocycles. The van der Waals surface area contributed by atoms with Crippen LogP contribution in [0.2, 0.25) is 26.2 Å². The van der Waals surface area contributed by atoms with E-state index in [2.05, 4.69) is 32.3 Å². The van der Waals surface area contributed by atoms with Crippen LogP contribution in [-0.2, 0) is 10.5 Å². The predicted molar refractivity (Wildman–Crippen MR) is 112 cm³/mol. The molecule has 139 valence electrons. The van der Waals surface area contributed by atoms with Crippen LogP contribution in [0.3, 0.4) is 0 Å². The zero-order valence-corrected chi connectivity index (χ0v) is 18.3. The van der Waals surface area contributed by atoms with Gasteiger partial charge >= 0.3 is 0 Å². The zero-order valence-electron chi connectivity index (χ0n) is 16.3. The molecule has 0 spiro atoms. The second kappa shape index (κ2) is 5.73. The second-order valence-corrected chi connectivity index (χ2v) is 16.4. The predicted octanol–water partition coefficient (Wildman–Crippen LogP) is 3.73. The maximum absolute atomic E-state index is 14.4. The van der Waals surface area contributed by atoms with Crippen LogP contribution in [0.25, 0.3) is 17.2 Å². The molecular weight excluding hydrogens is 373 g/mol. The topological polar surface area (TPSA) is 50.1 Å². The first kappa shape index (κ1) is 18.3. The summed E-state index contributed by atoms with van der Waals surface area (Å²) in [5, 5.41) is 2.08. The SMILES string of the molecule is CC1=Cc2c(-c3ccc(C([NH])=O)c4c3[Si](C)(C)O[Si]4(C)C)ccc(F)c2C1. The Morgan fingerprint density at radius 2 is 1.67 bits per heavy atom. The fourth-order valence-electron chi connectivity index (χ4n) is 4.80. The average molecular weight is 397 g/mol. The lowest BCUT2D eigenvalue weighted by molar-refractivity contribution is 0.0993. The summed E-state index contributed by atoms with van der Waals surface area (Å²) in [6.45, 7) is 10.5. The molecule has 1 radical (unpaired) electrons. The van der Waals surface area contributed by atoms with Crippen LogP contribution in [0.4, 0.5) is 4.39 Å². The average Bonchev–Trinajstić information content (AvgIpc) is 3.03. The van der Waals surface area contributed by atoms with E-state index < -0.39 is 22.5 Å². The summed E-state index contributed by atoms with van der Waals surface area (Å²) >= 11 is 0. The van der Waals surface area contributed by atoms with Gasteiger partial charge < -0.3 is 4.12 Å². The molecule has 27 heavy (non-hydrogen) atoms. The minimum absolute atomic E-state index is 0.168. The van der Waals surface area contributed by atoms with Crippen LogP contribution in [0, 0.1) is 5.82 Å². The number of carbonyl (C=O) groups excluding carboxylic acids is 1. The highest BCUT2D eigenvalue weighted by Gasteiger charge is 2.50. The van der Waals surface area contributed by atoms with Gasteiger partial charge in [-0.25, -0.2) is 4.39 Å². The van der Waals surface area contributed by atoms with Gasteiger partial charge in [0.05, 0.1) is 0 Å². The Kier molecular flexibility index (Phi) is 3.90. The van der Waals surface area contributed by atoms with Crippen molar-refractivity contribution in [2.24, 2.45) is 0 Å². The summed E-state index contributed by atoms with van der Waals surface area (Å²) in [4.78, 5) is 12.0. The highest BCUT2D eigenvalue weighted by Crippen LogP contribution is 2.37. The minimum atomic E-state index is -2.29. The molecule has 0 saturated heterocycles. The highest BCUT2D eigenvalue weighted by atomic mass is 28.4. The smallest absolute Gasteiger partial charge is 0.269 e. The van der Waals surface area contributed by atoms with E-state index in [1.807, 2.05) is 19.1 Å². The van der Waals surface area contributed by atoms with Gasteiger partial charge in [0.25, 0.3) is 5.91 Å². The molecule has 3 nitrogen and oxygen atoms in total. The van der Waals surface area contributed by atoms with Crippen molar-refractivity contribution in [3.05, 3.63) is 52.3 Å². The third kappa shape index (κ3) is 2.66. The number of fused-ring (bicyclic) bond motifs is 2. The molecule has 0 unspecified atom stereocenters. The van der Waals surface area contributed by atoms with Gasteiger partial charge in [-0.2, -0.15) is 0 Å². The normalized spacial score (nSPS) is 18.8. The number of nitrogens with one attached hydrogen (secondary N) is 1. The molecule has 1 aliphatic heterocycles. The molecule has 4 rings (SSSR count). The Hall–Kier alpha value is -2.03. The third-order valence-electron chi connectivity index (χ3n) is 5.60. The van der Waals surface area contributed by atoms with Crippen molar-refractivity contribution in [2.75, 3.05) is 0 Å². The summed E-state index contributed by atoms with van der Waals surface area (Å²) in [6, 6.07) is 7.09. The summed E-state index contributed by atoms with van der Waals surface area (Å²) in [5.41, 5.74) is 13.1. The number of halogens is 1. The van der Waals surface area contributed by atoms with Crippen molar-refractivity contribution >= 4 is 39.0 Å². The molecule has 1 aliphatic carbocycles. The number of carbonyl (C=O) groups is 1. The van der Waals surface area contributed by atoms with E-state index in [0.29, 0.717) is 12.0 Å². The Bertz CT molecular complexity index is 1040. The molecule has 0 saturated carbocycles. The van der Waals surface area contributed by atoms with E-state index in [9.17, 15) is 9.18 Å². The van der Waals surface area contributed by atoms with Gasteiger partial charge in [-0.15, -0.1) is 0 Å². The summed E-state index contributed by atoms with van der Waals surface area (Å²) in [5.74, 6) is -0.826. The van der Waals surface area contributed by atoms with Crippen molar-refractivity contribution in [3.63, 3.8) is 0 Å². The maximum atomic E-state index is 14.4. The molecule has 0 bridgehead atoms. The molecule has 2 aromatic carbocycles. The summed E-state index contributed by atoms with van der Waals surface area (Å²) in [6.07, 6.45) is 2.70. The summed E-state index contributed by atoms with van der Waals surface area (Å²) < 4.78 is 20.9. The second-order valence-electron chi connectivity index (χ2n) is 8.52. The fraction of sp³-hybridized carbons (Fsp3) is 0.286. The number of hydrogen-bond acceptors (Lipinski definition) is 2. The largest absolute Gasteiger partial charge is 0.449 e. The van der Waals surface area contributed by atoms with E-state index in [4.69, 9.17) is 9.85 Å². The first-order chi connectivity index (χ1) is 12.5. The first-order valence-corrected chi connectivity index (χ1v) is 15.0. The third-order valence-corrected chi connectivity index (χ3v) is 13.4. The van der Waals surface area contributed by atoms with E-state index in [1.165, 1.54) is 0 Å². The van der Waals surface area contributed by atoms with Gasteiger partial charge in [0, 0.05) is 5.56 Å². The Balaban J connectivity index is 2.08. The van der Waals surface area contributed by atoms with Gasteiger partial charge in [-0.05, 0) is 84.3 Å². The van der Waals surface area contributed by atoms with E-state index in [-0.39, 0.29) is 5.82 Å². The fourth-order valence-corrected chi connectivity index (χ4v) is 15.7. The molecule has 0 fully saturated rings. The van der Waals surface area contributed by atoms with Crippen LogP contribution >= 0.6 is 0 Å². The van der Waals surface area contributed by atoms with Gasteiger partial charge in [0.15, 0.2) is 0 Å². The van der Waals surface area contributed by atoms with Crippen LogP contribution in [0.15, 0.2) is 29.8 Å². The van der Waals surface area contributed by atoms with Crippen LogP contribution in [-0.4, -0.2) is 22.5 Å². The van der Waals surface area contributed by atoms with Crippen molar-refractivity contribution in [1.82, 2.24) is 5.73 Å². The monoisotopic (exact) mass is 396 g/mol. The lowest BCUT2D eigenvalue weighted by atomic mass is 9.95. The number of hydrogen-bond donors (Lipinski definition) is 0. The molecule has 0 atom stereocenters. The van der Waals surface area contributed by atoms with Gasteiger partial charge in [0.2, 0.25) is 16.6 Å². The molecular formula is C21H23FNO2Si2. The van der Waals surface area contributed by atoms with Gasteiger partial charge in [-0.1, -0.05) is 23.8 Å². The molecule has 1 amide bonds. The van der Waals surface area contributed by atoms with Crippen molar-refractivity contribution < 1.29 is 13.3 Å². The van der Waals surface area contributed by atoms with Gasteiger partial charge in [0.1, 0.15) is 5.82 Å². The van der Waals surface area contributed by atoms with E-state index in [1.54, 1.807) is 12.1 Å². The molecule has 1 N–H and O–H groups in total. The van der Waals surface area contributed by atoms with Crippen LogP contribution in [0.1, 0.15) is 28.4 Å². The van der Waals surface area contributed by atoms with Crippen molar-refractivity contribution in [1.29, 1.82) is 0 Å². The van der Waals surface area contributed by atoms with E-state index >= 15 is 0 Å². The molecule has 0 aromatic heterocycles. The van der Waals surface area contributed by atoms with E-state index in [0.717, 1.165) is 38.2 Å². The van der Waals surface area contributed by atoms with Crippen LogP contribution < -0.4 is 16.1 Å². The van der Waals surface area contributed by atoms with Crippen LogP contribution in [0.5, 0.6) is 0 Å². The molecule has 2 aliphatic rings. The number of amides is 1. The van der Waals surface area contributed by atoms with Crippen molar-refractivity contribution in [3.8, 4) is 11.1 Å². The first-order valence-electron chi connectivity index (χ1n) is 9.16. The van der Waals surface area contributed by atoms with Crippen molar-refractivity contribution in [2.45, 2.75) is 39.5 Å². The van der Waals surface area contributed by atoms with Gasteiger partial charge in [-0.3, -0.25) is 10.5 Å². The minimum Gasteiger partial charge on any atom is -0.449 e. The standard InChI is InChI=1S/C21H23FNO2Si2/c1-12-10-16-13(8-9-18(22)17(16)11-12)14-6-7-15(21(23)24)20-19(14)26(2,3)25-27(20,4)5/h6-10,23H,11H2,1-5H3. The summed E-state index contributed by atoms with van der Waals surface area (Å²) in [7, 11) is -4.54. The molecule has 2 aromatic rings. The lowest BCUT2D eigenvalue weighted by Crippen LogP contribution is -2.48.